The molecule has 20 heavy (non-hydrogen) atoms. The van der Waals surface area contributed by atoms with Crippen LogP contribution in [0.15, 0.2) is 0 Å². The van der Waals surface area contributed by atoms with E-state index < -0.39 is 0 Å². The fraction of sp³-hybridized carbons (Fsp3) is 0.941. The minimum atomic E-state index is -0.0420. The van der Waals surface area contributed by atoms with Gasteiger partial charge < -0.3 is 4.74 Å². The standard InChI is InChI=1S/C17H28O2S/c1-17(2,3)15(20-4)16(18)19-14-12-6-10-5-11(8-12)9-13(14)7-10/h10-15H,5-9H2,1-4H3. The summed E-state index contributed by atoms with van der Waals surface area (Å²) in [5, 5.41) is -0.0420. The van der Waals surface area contributed by atoms with E-state index in [1.54, 1.807) is 11.8 Å². The smallest absolute Gasteiger partial charge is 0.319 e. The van der Waals surface area contributed by atoms with Crippen molar-refractivity contribution in [3.05, 3.63) is 0 Å². The molecule has 0 N–H and O–H groups in total. The molecule has 2 nitrogen and oxygen atoms in total. The molecule has 1 unspecified atom stereocenters. The lowest BCUT2D eigenvalue weighted by Gasteiger charge is -2.53. The van der Waals surface area contributed by atoms with Crippen molar-refractivity contribution in [1.29, 1.82) is 0 Å². The van der Waals surface area contributed by atoms with E-state index in [1.807, 2.05) is 6.26 Å². The number of esters is 1. The number of rotatable bonds is 3. The van der Waals surface area contributed by atoms with Crippen molar-refractivity contribution in [2.24, 2.45) is 29.1 Å². The van der Waals surface area contributed by atoms with Crippen LogP contribution in [0.5, 0.6) is 0 Å². The molecule has 4 fully saturated rings. The lowest BCUT2D eigenvalue weighted by Crippen LogP contribution is -2.51. The monoisotopic (exact) mass is 296 g/mol. The number of carbonyl (C=O) groups excluding carboxylic acids is 1. The summed E-state index contributed by atoms with van der Waals surface area (Å²) in [4.78, 5) is 12.6. The van der Waals surface area contributed by atoms with Crippen molar-refractivity contribution in [2.75, 3.05) is 6.26 Å². The molecule has 4 rings (SSSR count). The van der Waals surface area contributed by atoms with Crippen LogP contribution in [-0.4, -0.2) is 23.6 Å². The maximum Gasteiger partial charge on any atom is 0.319 e. The minimum absolute atomic E-state index is 0.0254. The summed E-state index contributed by atoms with van der Waals surface area (Å²) in [6.45, 7) is 6.39. The first-order valence-electron chi connectivity index (χ1n) is 8.11. The summed E-state index contributed by atoms with van der Waals surface area (Å²) in [6.07, 6.45) is 8.94. The van der Waals surface area contributed by atoms with Crippen LogP contribution in [0.2, 0.25) is 0 Å². The highest BCUT2D eigenvalue weighted by atomic mass is 32.2. The van der Waals surface area contributed by atoms with Gasteiger partial charge in [0.15, 0.2) is 0 Å². The van der Waals surface area contributed by atoms with Crippen LogP contribution in [0.1, 0.15) is 52.9 Å². The summed E-state index contributed by atoms with van der Waals surface area (Å²) in [6, 6.07) is 0. The quantitative estimate of drug-likeness (QED) is 0.732. The zero-order valence-electron chi connectivity index (χ0n) is 13.2. The summed E-state index contributed by atoms with van der Waals surface area (Å²) in [7, 11) is 0. The third kappa shape index (κ3) is 2.63. The number of carbonyl (C=O) groups is 1. The van der Waals surface area contributed by atoms with E-state index in [0.29, 0.717) is 11.8 Å². The fourth-order valence-electron chi connectivity index (χ4n) is 5.07. The van der Waals surface area contributed by atoms with Crippen molar-refractivity contribution < 1.29 is 9.53 Å². The van der Waals surface area contributed by atoms with Crippen LogP contribution in [0.4, 0.5) is 0 Å². The van der Waals surface area contributed by atoms with E-state index in [2.05, 4.69) is 20.8 Å². The van der Waals surface area contributed by atoms with E-state index in [0.717, 1.165) is 11.8 Å². The zero-order chi connectivity index (χ0) is 14.5. The van der Waals surface area contributed by atoms with Crippen molar-refractivity contribution in [3.63, 3.8) is 0 Å². The van der Waals surface area contributed by atoms with Crippen LogP contribution in [-0.2, 0) is 9.53 Å². The average molecular weight is 296 g/mol. The zero-order valence-corrected chi connectivity index (χ0v) is 14.0. The predicted molar refractivity (Wildman–Crippen MR) is 83.7 cm³/mol. The van der Waals surface area contributed by atoms with E-state index in [9.17, 15) is 4.79 Å². The average Bonchev–Trinajstić information content (AvgIpc) is 2.31. The molecule has 114 valence electrons. The van der Waals surface area contributed by atoms with Crippen LogP contribution in [0.3, 0.4) is 0 Å². The molecule has 4 saturated carbocycles. The van der Waals surface area contributed by atoms with Crippen LogP contribution >= 0.6 is 11.8 Å². The highest BCUT2D eigenvalue weighted by Crippen LogP contribution is 2.54. The molecule has 0 aromatic rings. The highest BCUT2D eigenvalue weighted by Gasteiger charge is 2.50. The second-order valence-electron chi connectivity index (χ2n) is 8.31. The molecule has 0 aromatic heterocycles. The molecule has 4 aliphatic carbocycles. The van der Waals surface area contributed by atoms with E-state index >= 15 is 0 Å². The minimum Gasteiger partial charge on any atom is -0.461 e. The number of hydrogen-bond donors (Lipinski definition) is 0. The Morgan fingerprint density at radius 2 is 1.55 bits per heavy atom. The maximum atomic E-state index is 12.6. The largest absolute Gasteiger partial charge is 0.461 e. The second-order valence-corrected chi connectivity index (χ2v) is 9.26. The Labute approximate surface area is 127 Å². The van der Waals surface area contributed by atoms with Gasteiger partial charge in [0, 0.05) is 0 Å². The molecule has 0 saturated heterocycles. The highest BCUT2D eigenvalue weighted by molar-refractivity contribution is 7.99. The third-order valence-electron chi connectivity index (χ3n) is 5.63. The fourth-order valence-corrected chi connectivity index (χ4v) is 6.02. The molecule has 0 amide bonds. The molecule has 4 aliphatic rings. The molecule has 3 heteroatoms. The third-order valence-corrected chi connectivity index (χ3v) is 7.00. The Bertz CT molecular complexity index is 357. The molecule has 4 bridgehead atoms. The van der Waals surface area contributed by atoms with Crippen molar-refractivity contribution >= 4 is 17.7 Å². The molecule has 0 spiro atoms. The summed E-state index contributed by atoms with van der Waals surface area (Å²) >= 11 is 1.64. The molecule has 0 aliphatic heterocycles. The lowest BCUT2D eigenvalue weighted by atomic mass is 9.55. The molecular formula is C17H28O2S. The van der Waals surface area contributed by atoms with Gasteiger partial charge in [-0.25, -0.2) is 0 Å². The van der Waals surface area contributed by atoms with Gasteiger partial charge in [-0.2, -0.15) is 0 Å². The van der Waals surface area contributed by atoms with Gasteiger partial charge in [-0.15, -0.1) is 11.8 Å². The van der Waals surface area contributed by atoms with Crippen LogP contribution in [0, 0.1) is 29.1 Å². The van der Waals surface area contributed by atoms with Gasteiger partial charge in [-0.3, -0.25) is 4.79 Å². The first-order valence-corrected chi connectivity index (χ1v) is 9.40. The van der Waals surface area contributed by atoms with E-state index in [-0.39, 0.29) is 22.7 Å². The Morgan fingerprint density at radius 3 is 1.95 bits per heavy atom. The molecule has 0 radical (unpaired) electrons. The maximum absolute atomic E-state index is 12.6. The van der Waals surface area contributed by atoms with E-state index in [1.165, 1.54) is 32.1 Å². The number of thioether (sulfide) groups is 1. The SMILES string of the molecule is CSC(C(=O)OC1C2CC3CC(C2)CC1C3)C(C)(C)C. The topological polar surface area (TPSA) is 26.3 Å². The normalized spacial score (nSPS) is 40.7. The Morgan fingerprint density at radius 1 is 1.05 bits per heavy atom. The Hall–Kier alpha value is -0.180. The van der Waals surface area contributed by atoms with Gasteiger partial charge in [-0.1, -0.05) is 20.8 Å². The lowest BCUT2D eigenvalue weighted by molar-refractivity contribution is -0.171. The Balaban J connectivity index is 1.67. The predicted octanol–water partition coefficient (Wildman–Crippen LogP) is 4.13. The van der Waals surface area contributed by atoms with E-state index in [4.69, 9.17) is 4.74 Å². The van der Waals surface area contributed by atoms with Crippen molar-refractivity contribution in [3.8, 4) is 0 Å². The molecule has 0 aromatic carbocycles. The van der Waals surface area contributed by atoms with Gasteiger partial charge in [0.25, 0.3) is 0 Å². The van der Waals surface area contributed by atoms with Gasteiger partial charge in [-0.05, 0) is 67.4 Å². The Kier molecular flexibility index (Phi) is 3.85. The number of ether oxygens (including phenoxy) is 1. The summed E-state index contributed by atoms with van der Waals surface area (Å²) in [5.74, 6) is 3.23. The van der Waals surface area contributed by atoms with Gasteiger partial charge in [0.2, 0.25) is 0 Å². The van der Waals surface area contributed by atoms with Crippen LogP contribution in [0.25, 0.3) is 0 Å². The van der Waals surface area contributed by atoms with Gasteiger partial charge in [0.1, 0.15) is 11.4 Å². The van der Waals surface area contributed by atoms with Gasteiger partial charge >= 0.3 is 5.97 Å². The molecular weight excluding hydrogens is 268 g/mol. The first kappa shape index (κ1) is 14.7. The molecule has 0 heterocycles. The van der Waals surface area contributed by atoms with Crippen molar-refractivity contribution in [2.45, 2.75) is 64.2 Å². The summed E-state index contributed by atoms with van der Waals surface area (Å²) in [5.41, 5.74) is -0.0254. The van der Waals surface area contributed by atoms with Gasteiger partial charge in [0.05, 0.1) is 0 Å². The second kappa shape index (κ2) is 5.23. The number of hydrogen-bond acceptors (Lipinski definition) is 3. The van der Waals surface area contributed by atoms with Crippen molar-refractivity contribution in [1.82, 2.24) is 0 Å². The molecule has 1 atom stereocenters. The first-order chi connectivity index (χ1) is 9.38. The summed E-state index contributed by atoms with van der Waals surface area (Å²) < 4.78 is 6.05. The van der Waals surface area contributed by atoms with Crippen LogP contribution < -0.4 is 0 Å².